The second-order valence-electron chi connectivity index (χ2n) is 3.80. The number of piperazine rings is 1. The van der Waals surface area contributed by atoms with Gasteiger partial charge in [0.2, 0.25) is 0 Å². The Kier molecular flexibility index (Phi) is 3.16. The van der Waals surface area contributed by atoms with E-state index >= 15 is 0 Å². The van der Waals surface area contributed by atoms with Crippen molar-refractivity contribution in [2.75, 3.05) is 32.7 Å². The summed E-state index contributed by atoms with van der Waals surface area (Å²) < 4.78 is 2.10. The fourth-order valence-electron chi connectivity index (χ4n) is 1.83. The monoisotopic (exact) mass is 194 g/mol. The van der Waals surface area contributed by atoms with Crippen molar-refractivity contribution in [3.05, 3.63) is 18.2 Å². The van der Waals surface area contributed by atoms with E-state index in [1.807, 2.05) is 12.4 Å². The smallest absolute Gasteiger partial charge is 0.109 e. The topological polar surface area (TPSA) is 33.1 Å². The highest BCUT2D eigenvalue weighted by molar-refractivity contribution is 4.91. The lowest BCUT2D eigenvalue weighted by atomic mass is 10.3. The molecule has 2 rings (SSSR count). The first-order chi connectivity index (χ1) is 6.86. The number of hydrogen-bond donors (Lipinski definition) is 1. The van der Waals surface area contributed by atoms with Crippen LogP contribution >= 0.6 is 0 Å². The van der Waals surface area contributed by atoms with E-state index < -0.39 is 0 Å². The summed E-state index contributed by atoms with van der Waals surface area (Å²) in [5, 5.41) is 3.36. The Balaban J connectivity index is 1.79. The zero-order valence-electron chi connectivity index (χ0n) is 8.74. The van der Waals surface area contributed by atoms with E-state index in [0.29, 0.717) is 0 Å². The summed E-state index contributed by atoms with van der Waals surface area (Å²) in [5.74, 6) is 1.18. The van der Waals surface area contributed by atoms with Crippen molar-refractivity contribution < 1.29 is 0 Å². The molecule has 0 radical (unpaired) electrons. The van der Waals surface area contributed by atoms with Gasteiger partial charge in [0.05, 0.1) is 0 Å². The third kappa shape index (κ3) is 2.33. The molecule has 1 aromatic rings. The van der Waals surface area contributed by atoms with Crippen LogP contribution in [0.4, 0.5) is 0 Å². The summed E-state index contributed by atoms with van der Waals surface area (Å²) in [7, 11) is 2.06. The van der Waals surface area contributed by atoms with Crippen LogP contribution in [-0.4, -0.2) is 47.2 Å². The summed E-state index contributed by atoms with van der Waals surface area (Å²) >= 11 is 0. The Hall–Kier alpha value is -0.870. The molecule has 0 amide bonds. The van der Waals surface area contributed by atoms with Crippen LogP contribution in [0.3, 0.4) is 0 Å². The Morgan fingerprint density at radius 3 is 2.86 bits per heavy atom. The van der Waals surface area contributed by atoms with Crippen LogP contribution in [0, 0.1) is 0 Å². The predicted octanol–water partition coefficient (Wildman–Crippen LogP) is -0.132. The molecule has 0 atom stereocenters. The first-order valence-corrected chi connectivity index (χ1v) is 5.25. The molecule has 1 saturated heterocycles. The zero-order valence-corrected chi connectivity index (χ0v) is 8.74. The normalized spacial score (nSPS) is 18.6. The maximum Gasteiger partial charge on any atom is 0.109 e. The van der Waals surface area contributed by atoms with Crippen molar-refractivity contribution in [1.29, 1.82) is 0 Å². The maximum atomic E-state index is 4.32. The fraction of sp³-hybridized carbons (Fsp3) is 0.700. The largest absolute Gasteiger partial charge is 0.338 e. The number of nitrogens with zero attached hydrogens (tertiary/aromatic N) is 3. The van der Waals surface area contributed by atoms with Gasteiger partial charge in [-0.2, -0.15) is 0 Å². The van der Waals surface area contributed by atoms with Gasteiger partial charge >= 0.3 is 0 Å². The minimum atomic E-state index is 1.06. The van der Waals surface area contributed by atoms with Crippen LogP contribution in [0.1, 0.15) is 5.82 Å². The lowest BCUT2D eigenvalue weighted by molar-refractivity contribution is 0.242. The van der Waals surface area contributed by atoms with Crippen LogP contribution in [0.2, 0.25) is 0 Å². The average molecular weight is 194 g/mol. The summed E-state index contributed by atoms with van der Waals surface area (Å²) in [5.41, 5.74) is 0. The van der Waals surface area contributed by atoms with Gasteiger partial charge in [-0.05, 0) is 0 Å². The van der Waals surface area contributed by atoms with Crippen molar-refractivity contribution in [2.24, 2.45) is 7.05 Å². The molecule has 0 saturated carbocycles. The van der Waals surface area contributed by atoms with Gasteiger partial charge in [0.15, 0.2) is 0 Å². The van der Waals surface area contributed by atoms with Gasteiger partial charge < -0.3 is 14.8 Å². The first-order valence-electron chi connectivity index (χ1n) is 5.25. The van der Waals surface area contributed by atoms with E-state index in [-0.39, 0.29) is 0 Å². The van der Waals surface area contributed by atoms with Gasteiger partial charge in [-0.15, -0.1) is 0 Å². The number of aromatic nitrogens is 2. The number of aryl methyl sites for hydroxylation is 1. The van der Waals surface area contributed by atoms with Gasteiger partial charge in [0.1, 0.15) is 5.82 Å². The van der Waals surface area contributed by atoms with Gasteiger partial charge in [-0.25, -0.2) is 4.98 Å². The molecule has 4 nitrogen and oxygen atoms in total. The van der Waals surface area contributed by atoms with Crippen molar-refractivity contribution in [1.82, 2.24) is 19.8 Å². The molecule has 0 aromatic carbocycles. The second-order valence-corrected chi connectivity index (χ2v) is 3.80. The minimum absolute atomic E-state index is 1.06. The highest BCUT2D eigenvalue weighted by atomic mass is 15.2. The summed E-state index contributed by atoms with van der Waals surface area (Å²) in [6.07, 6.45) is 4.93. The Labute approximate surface area is 84.9 Å². The molecule has 0 unspecified atom stereocenters. The minimum Gasteiger partial charge on any atom is -0.338 e. The standard InChI is InChI=1S/C10H18N4/c1-13-7-5-12-10(13)2-6-14-8-3-11-4-9-14/h5,7,11H,2-4,6,8-9H2,1H3. The average Bonchev–Trinajstić information content (AvgIpc) is 2.63. The van der Waals surface area contributed by atoms with E-state index in [2.05, 4.69) is 26.8 Å². The summed E-state index contributed by atoms with van der Waals surface area (Å²) in [6.45, 7) is 5.72. The molecule has 1 aromatic heterocycles. The quantitative estimate of drug-likeness (QED) is 0.727. The molecule has 1 N–H and O–H groups in total. The lowest BCUT2D eigenvalue weighted by Crippen LogP contribution is -2.44. The third-order valence-electron chi connectivity index (χ3n) is 2.78. The van der Waals surface area contributed by atoms with Crippen molar-refractivity contribution >= 4 is 0 Å². The molecule has 1 aliphatic heterocycles. The van der Waals surface area contributed by atoms with Crippen molar-refractivity contribution in [2.45, 2.75) is 6.42 Å². The Morgan fingerprint density at radius 1 is 1.43 bits per heavy atom. The highest BCUT2D eigenvalue weighted by Gasteiger charge is 2.09. The van der Waals surface area contributed by atoms with Gasteiger partial charge in [0.25, 0.3) is 0 Å². The van der Waals surface area contributed by atoms with Crippen molar-refractivity contribution in [3.8, 4) is 0 Å². The number of rotatable bonds is 3. The van der Waals surface area contributed by atoms with E-state index in [9.17, 15) is 0 Å². The molecular weight excluding hydrogens is 176 g/mol. The molecule has 14 heavy (non-hydrogen) atoms. The van der Waals surface area contributed by atoms with Gasteiger partial charge in [-0.3, -0.25) is 0 Å². The van der Waals surface area contributed by atoms with Crippen LogP contribution < -0.4 is 5.32 Å². The predicted molar refractivity (Wildman–Crippen MR) is 56.2 cm³/mol. The Bertz CT molecular complexity index is 275. The van der Waals surface area contributed by atoms with Gasteiger partial charge in [-0.1, -0.05) is 0 Å². The maximum absolute atomic E-state index is 4.32. The fourth-order valence-corrected chi connectivity index (χ4v) is 1.83. The molecule has 1 aliphatic rings. The number of hydrogen-bond acceptors (Lipinski definition) is 3. The van der Waals surface area contributed by atoms with Crippen LogP contribution in [0.15, 0.2) is 12.4 Å². The van der Waals surface area contributed by atoms with E-state index in [4.69, 9.17) is 0 Å². The molecule has 0 aliphatic carbocycles. The Morgan fingerprint density at radius 2 is 2.21 bits per heavy atom. The molecule has 78 valence electrons. The zero-order chi connectivity index (χ0) is 9.80. The highest BCUT2D eigenvalue weighted by Crippen LogP contribution is 1.99. The van der Waals surface area contributed by atoms with Crippen LogP contribution in [-0.2, 0) is 13.5 Å². The lowest BCUT2D eigenvalue weighted by Gasteiger charge is -2.26. The summed E-state index contributed by atoms with van der Waals surface area (Å²) in [6, 6.07) is 0. The molecule has 2 heterocycles. The molecule has 1 fully saturated rings. The summed E-state index contributed by atoms with van der Waals surface area (Å²) in [4.78, 5) is 6.81. The van der Waals surface area contributed by atoms with E-state index in [1.165, 1.54) is 18.9 Å². The van der Waals surface area contributed by atoms with Crippen LogP contribution in [0.25, 0.3) is 0 Å². The number of nitrogens with one attached hydrogen (secondary N) is 1. The van der Waals surface area contributed by atoms with E-state index in [0.717, 1.165) is 26.1 Å². The van der Waals surface area contributed by atoms with Crippen molar-refractivity contribution in [3.63, 3.8) is 0 Å². The molecule has 0 bridgehead atoms. The first kappa shape index (κ1) is 9.68. The molecule has 0 spiro atoms. The SMILES string of the molecule is Cn1ccnc1CCN1CCNCC1. The number of imidazole rings is 1. The van der Waals surface area contributed by atoms with Gasteiger partial charge in [0, 0.05) is 58.6 Å². The third-order valence-corrected chi connectivity index (χ3v) is 2.78. The second kappa shape index (κ2) is 4.57. The molecular formula is C10H18N4. The molecule has 4 heteroatoms. The van der Waals surface area contributed by atoms with Crippen LogP contribution in [0.5, 0.6) is 0 Å². The van der Waals surface area contributed by atoms with E-state index in [1.54, 1.807) is 0 Å².